The van der Waals surface area contributed by atoms with Gasteiger partial charge in [-0.05, 0) is 44.5 Å². The number of aromatic nitrogens is 2. The van der Waals surface area contributed by atoms with E-state index < -0.39 is 0 Å². The normalized spacial score (nSPS) is 26.8. The van der Waals surface area contributed by atoms with Gasteiger partial charge >= 0.3 is 0 Å². The molecule has 2 aliphatic heterocycles. The molecule has 2 aliphatic rings. The highest BCUT2D eigenvalue weighted by atomic mass is 32.2. The molecule has 0 bridgehead atoms. The van der Waals surface area contributed by atoms with Crippen molar-refractivity contribution < 1.29 is 4.52 Å². The molecular weight excluding hydrogens is 248 g/mol. The van der Waals surface area contributed by atoms with Gasteiger partial charge in [-0.15, -0.1) is 11.8 Å². The van der Waals surface area contributed by atoms with Crippen LogP contribution in [0.3, 0.4) is 0 Å². The van der Waals surface area contributed by atoms with Crippen LogP contribution in [0.1, 0.15) is 48.7 Å². The predicted octanol–water partition coefficient (Wildman–Crippen LogP) is 1.73. The zero-order valence-electron chi connectivity index (χ0n) is 10.5. The number of hydrogen-bond acceptors (Lipinski definition) is 6. The summed E-state index contributed by atoms with van der Waals surface area (Å²) >= 11 is 1.91. The fourth-order valence-electron chi connectivity index (χ4n) is 2.63. The molecule has 2 N–H and O–H groups in total. The molecule has 0 spiro atoms. The number of thioether (sulfide) groups is 1. The van der Waals surface area contributed by atoms with Gasteiger partial charge in [-0.25, -0.2) is 0 Å². The van der Waals surface area contributed by atoms with Gasteiger partial charge in [-0.1, -0.05) is 5.16 Å². The molecule has 6 heteroatoms. The van der Waals surface area contributed by atoms with E-state index in [1.165, 1.54) is 25.0 Å². The monoisotopic (exact) mass is 268 g/mol. The van der Waals surface area contributed by atoms with Crippen LogP contribution in [0.4, 0.5) is 0 Å². The first-order valence-corrected chi connectivity index (χ1v) is 7.81. The van der Waals surface area contributed by atoms with Crippen LogP contribution in [0.15, 0.2) is 4.52 Å². The summed E-state index contributed by atoms with van der Waals surface area (Å²) < 4.78 is 5.35. The fourth-order valence-corrected chi connectivity index (χ4v) is 3.82. The molecule has 0 amide bonds. The average Bonchev–Trinajstić information content (AvgIpc) is 3.11. The lowest BCUT2D eigenvalue weighted by Crippen LogP contribution is -2.30. The van der Waals surface area contributed by atoms with E-state index in [9.17, 15) is 0 Å². The molecule has 100 valence electrons. The average molecular weight is 268 g/mol. The van der Waals surface area contributed by atoms with Crippen LogP contribution in [0, 0.1) is 0 Å². The van der Waals surface area contributed by atoms with Crippen molar-refractivity contribution in [3.63, 3.8) is 0 Å². The maximum atomic E-state index is 6.15. The molecule has 0 saturated carbocycles. The molecule has 0 aliphatic carbocycles. The quantitative estimate of drug-likeness (QED) is 0.897. The van der Waals surface area contributed by atoms with Gasteiger partial charge in [-0.2, -0.15) is 4.98 Å². The highest BCUT2D eigenvalue weighted by Gasteiger charge is 2.26. The summed E-state index contributed by atoms with van der Waals surface area (Å²) in [6.45, 7) is 3.14. The maximum Gasteiger partial charge on any atom is 0.239 e. The van der Waals surface area contributed by atoms with Crippen molar-refractivity contribution in [1.29, 1.82) is 0 Å². The Morgan fingerprint density at radius 3 is 2.94 bits per heavy atom. The fraction of sp³-hybridized carbons (Fsp3) is 0.833. The SMILES string of the molecule is NC(CN1CCCC1)c1noc(C2CCCS2)n1. The zero-order chi connectivity index (χ0) is 12.4. The standard InChI is InChI=1S/C12H20N4OS/c13-9(8-16-5-1-2-6-16)11-14-12(17-15-11)10-4-3-7-18-10/h9-10H,1-8,13H2. The lowest BCUT2D eigenvalue weighted by molar-refractivity contribution is 0.305. The number of nitrogens with two attached hydrogens (primary N) is 1. The van der Waals surface area contributed by atoms with Crippen molar-refractivity contribution in [2.75, 3.05) is 25.4 Å². The highest BCUT2D eigenvalue weighted by molar-refractivity contribution is 7.99. The lowest BCUT2D eigenvalue weighted by Gasteiger charge is -2.17. The molecule has 2 unspecified atom stereocenters. The van der Waals surface area contributed by atoms with E-state index in [1.54, 1.807) is 0 Å². The Morgan fingerprint density at radius 2 is 2.22 bits per heavy atom. The van der Waals surface area contributed by atoms with Crippen LogP contribution in [-0.4, -0.2) is 40.4 Å². The molecular formula is C12H20N4OS. The van der Waals surface area contributed by atoms with Gasteiger partial charge in [0.1, 0.15) is 0 Å². The Bertz CT molecular complexity index is 385. The Hall–Kier alpha value is -0.590. The zero-order valence-corrected chi connectivity index (χ0v) is 11.4. The minimum absolute atomic E-state index is 0.119. The van der Waals surface area contributed by atoms with Gasteiger partial charge in [0.2, 0.25) is 5.89 Å². The van der Waals surface area contributed by atoms with Gasteiger partial charge < -0.3 is 15.2 Å². The smallest absolute Gasteiger partial charge is 0.239 e. The predicted molar refractivity (Wildman–Crippen MR) is 71.3 cm³/mol. The molecule has 2 fully saturated rings. The van der Waals surface area contributed by atoms with Gasteiger partial charge in [-0.3, -0.25) is 0 Å². The minimum atomic E-state index is -0.119. The van der Waals surface area contributed by atoms with E-state index in [2.05, 4.69) is 15.0 Å². The van der Waals surface area contributed by atoms with Crippen LogP contribution < -0.4 is 5.73 Å². The second kappa shape index (κ2) is 5.59. The van der Waals surface area contributed by atoms with Crippen molar-refractivity contribution in [2.45, 2.75) is 37.0 Å². The summed E-state index contributed by atoms with van der Waals surface area (Å²) in [5.74, 6) is 2.64. The molecule has 3 heterocycles. The third-order valence-corrected chi connectivity index (χ3v) is 5.01. The lowest BCUT2D eigenvalue weighted by atomic mass is 10.2. The number of likely N-dealkylation sites (tertiary alicyclic amines) is 1. The number of rotatable bonds is 4. The highest BCUT2D eigenvalue weighted by Crippen LogP contribution is 2.39. The third-order valence-electron chi connectivity index (χ3n) is 3.65. The van der Waals surface area contributed by atoms with Gasteiger partial charge in [0, 0.05) is 6.54 Å². The molecule has 1 aromatic heterocycles. The maximum absolute atomic E-state index is 6.15. The summed E-state index contributed by atoms with van der Waals surface area (Å²) in [4.78, 5) is 6.86. The molecule has 0 radical (unpaired) electrons. The van der Waals surface area contributed by atoms with E-state index in [1.807, 2.05) is 11.8 Å². The summed E-state index contributed by atoms with van der Waals surface area (Å²) in [5, 5.41) is 4.45. The van der Waals surface area contributed by atoms with E-state index in [-0.39, 0.29) is 6.04 Å². The van der Waals surface area contributed by atoms with Crippen LogP contribution in [0.5, 0.6) is 0 Å². The first-order chi connectivity index (χ1) is 8.83. The molecule has 0 aromatic carbocycles. The topological polar surface area (TPSA) is 68.2 Å². The van der Waals surface area contributed by atoms with E-state index in [4.69, 9.17) is 10.3 Å². The van der Waals surface area contributed by atoms with E-state index >= 15 is 0 Å². The second-order valence-electron chi connectivity index (χ2n) is 5.11. The molecule has 18 heavy (non-hydrogen) atoms. The molecule has 1 aromatic rings. The molecule has 2 saturated heterocycles. The minimum Gasteiger partial charge on any atom is -0.338 e. The second-order valence-corrected chi connectivity index (χ2v) is 6.42. The van der Waals surface area contributed by atoms with E-state index in [0.717, 1.165) is 31.9 Å². The van der Waals surface area contributed by atoms with Crippen LogP contribution >= 0.6 is 11.8 Å². The summed E-state index contributed by atoms with van der Waals surface area (Å²) in [5.41, 5.74) is 6.15. The summed E-state index contributed by atoms with van der Waals surface area (Å²) in [7, 11) is 0. The van der Waals surface area contributed by atoms with Crippen molar-refractivity contribution in [3.8, 4) is 0 Å². The Morgan fingerprint density at radius 1 is 1.39 bits per heavy atom. The molecule has 3 rings (SSSR count). The van der Waals surface area contributed by atoms with Crippen LogP contribution in [0.25, 0.3) is 0 Å². The van der Waals surface area contributed by atoms with Gasteiger partial charge in [0.05, 0.1) is 11.3 Å². The molecule has 5 nitrogen and oxygen atoms in total. The van der Waals surface area contributed by atoms with Gasteiger partial charge in [0.25, 0.3) is 0 Å². The van der Waals surface area contributed by atoms with Crippen LogP contribution in [0.2, 0.25) is 0 Å². The summed E-state index contributed by atoms with van der Waals surface area (Å²) in [6.07, 6.45) is 4.95. The Kier molecular flexibility index (Phi) is 3.86. The first kappa shape index (κ1) is 12.4. The summed E-state index contributed by atoms with van der Waals surface area (Å²) in [6, 6.07) is -0.119. The third kappa shape index (κ3) is 2.70. The van der Waals surface area contributed by atoms with Crippen molar-refractivity contribution in [2.24, 2.45) is 5.73 Å². The van der Waals surface area contributed by atoms with Gasteiger partial charge in [0.15, 0.2) is 5.82 Å². The molecule has 2 atom stereocenters. The van der Waals surface area contributed by atoms with Crippen molar-refractivity contribution in [1.82, 2.24) is 15.0 Å². The first-order valence-electron chi connectivity index (χ1n) is 6.76. The Balaban J connectivity index is 1.60. The van der Waals surface area contributed by atoms with E-state index in [0.29, 0.717) is 11.1 Å². The largest absolute Gasteiger partial charge is 0.338 e. The number of nitrogens with zero attached hydrogens (tertiary/aromatic N) is 3. The van der Waals surface area contributed by atoms with Crippen molar-refractivity contribution in [3.05, 3.63) is 11.7 Å². The van der Waals surface area contributed by atoms with Crippen molar-refractivity contribution >= 4 is 11.8 Å². The Labute approximate surface area is 111 Å². The van der Waals surface area contributed by atoms with Crippen LogP contribution in [-0.2, 0) is 0 Å². The number of hydrogen-bond donors (Lipinski definition) is 1.